The lowest BCUT2D eigenvalue weighted by Gasteiger charge is -2.36. The number of aliphatic hydroxyl groups is 2. The third-order valence-corrected chi connectivity index (χ3v) is 8.47. The minimum absolute atomic E-state index is 0.0132. The first-order chi connectivity index (χ1) is 21.4. The molecular formula is C34H43N3O6S. The quantitative estimate of drug-likeness (QED) is 0.0976. The Morgan fingerprint density at radius 2 is 1.57 bits per heavy atom. The van der Waals surface area contributed by atoms with Gasteiger partial charge in [-0.3, -0.25) is 9.59 Å². The van der Waals surface area contributed by atoms with Crippen molar-refractivity contribution < 1.29 is 29.3 Å². The molecule has 3 aromatic rings. The molecule has 0 aliphatic carbocycles. The number of para-hydroxylation sites is 2. The van der Waals surface area contributed by atoms with Crippen LogP contribution in [-0.2, 0) is 25.7 Å². The van der Waals surface area contributed by atoms with Crippen LogP contribution in [0.1, 0.15) is 74.0 Å². The number of unbranched alkanes of at least 4 members (excludes halogenated alkanes) is 3. The second-order valence-corrected chi connectivity index (χ2v) is 12.0. The fourth-order valence-electron chi connectivity index (χ4n) is 5.04. The third kappa shape index (κ3) is 10.6. The number of carbonyl (C=O) groups is 2. The van der Waals surface area contributed by atoms with E-state index in [1.54, 1.807) is 23.9 Å². The molecule has 1 aliphatic heterocycles. The Morgan fingerprint density at radius 1 is 0.841 bits per heavy atom. The van der Waals surface area contributed by atoms with Crippen molar-refractivity contribution in [3.8, 4) is 0 Å². The second kappa shape index (κ2) is 17.8. The van der Waals surface area contributed by atoms with Crippen LogP contribution in [0.4, 0.5) is 17.1 Å². The van der Waals surface area contributed by atoms with E-state index in [1.807, 2.05) is 60.7 Å². The van der Waals surface area contributed by atoms with Gasteiger partial charge >= 0.3 is 0 Å². The fraction of sp³-hybridized carbons (Fsp3) is 0.412. The maximum atomic E-state index is 12.7. The number of nitrogens with two attached hydrogens (primary N) is 1. The molecule has 1 fully saturated rings. The number of anilines is 3. The molecule has 6 N–H and O–H groups in total. The van der Waals surface area contributed by atoms with E-state index in [0.29, 0.717) is 42.1 Å². The molecule has 1 heterocycles. The Balaban J connectivity index is 1.24. The first-order valence-electron chi connectivity index (χ1n) is 15.2. The summed E-state index contributed by atoms with van der Waals surface area (Å²) in [5.74, 6) is 1.24. The number of thioether (sulfide) groups is 1. The molecule has 3 aromatic carbocycles. The van der Waals surface area contributed by atoms with E-state index < -0.39 is 6.29 Å². The Labute approximate surface area is 263 Å². The van der Waals surface area contributed by atoms with Gasteiger partial charge in [0.15, 0.2) is 6.29 Å². The molecule has 1 saturated heterocycles. The summed E-state index contributed by atoms with van der Waals surface area (Å²) < 4.78 is 12.7. The molecule has 2 amide bonds. The number of nitrogens with one attached hydrogen (secondary N) is 2. The molecule has 0 aromatic heterocycles. The predicted molar refractivity (Wildman–Crippen MR) is 175 cm³/mol. The summed E-state index contributed by atoms with van der Waals surface area (Å²) in [4.78, 5) is 24.8. The highest BCUT2D eigenvalue weighted by atomic mass is 32.2. The zero-order valence-electron chi connectivity index (χ0n) is 25.0. The molecule has 0 saturated carbocycles. The molecule has 4 rings (SSSR count). The van der Waals surface area contributed by atoms with Crippen LogP contribution in [0.25, 0.3) is 0 Å². The van der Waals surface area contributed by atoms with Gasteiger partial charge in [0.25, 0.3) is 0 Å². The minimum Gasteiger partial charge on any atom is -0.397 e. The van der Waals surface area contributed by atoms with Crippen LogP contribution in [0.15, 0.2) is 72.8 Å². The lowest BCUT2D eigenvalue weighted by atomic mass is 10.0. The largest absolute Gasteiger partial charge is 0.397 e. The molecule has 0 radical (unpaired) electrons. The van der Waals surface area contributed by atoms with Crippen molar-refractivity contribution in [2.45, 2.75) is 70.1 Å². The molecule has 44 heavy (non-hydrogen) atoms. The third-order valence-electron chi connectivity index (χ3n) is 7.39. The van der Waals surface area contributed by atoms with Gasteiger partial charge < -0.3 is 36.1 Å². The number of hydrogen-bond donors (Lipinski definition) is 5. The zero-order chi connectivity index (χ0) is 31.1. The normalized spacial score (nSPS) is 18.1. The zero-order valence-corrected chi connectivity index (χ0v) is 25.8. The van der Waals surface area contributed by atoms with Gasteiger partial charge in [0.1, 0.15) is 0 Å². The summed E-state index contributed by atoms with van der Waals surface area (Å²) >= 11 is 1.64. The molecule has 0 unspecified atom stereocenters. The van der Waals surface area contributed by atoms with E-state index in [1.165, 1.54) is 0 Å². The average Bonchev–Trinajstić information content (AvgIpc) is 3.04. The van der Waals surface area contributed by atoms with Gasteiger partial charge in [0.2, 0.25) is 11.8 Å². The van der Waals surface area contributed by atoms with Crippen LogP contribution >= 0.6 is 11.8 Å². The van der Waals surface area contributed by atoms with Crippen molar-refractivity contribution in [2.24, 2.45) is 0 Å². The molecule has 3 atom stereocenters. The number of carbonyl (C=O) groups excluding carboxylic acids is 2. The molecule has 1 aliphatic rings. The Bertz CT molecular complexity index is 1340. The lowest BCUT2D eigenvalue weighted by Crippen LogP contribution is -2.31. The van der Waals surface area contributed by atoms with Crippen molar-refractivity contribution in [1.29, 1.82) is 0 Å². The average molecular weight is 622 g/mol. The Hall–Kier alpha value is -3.41. The number of nitrogen functional groups attached to an aromatic ring is 1. The molecule has 9 nitrogen and oxygen atoms in total. The highest BCUT2D eigenvalue weighted by molar-refractivity contribution is 7.99. The van der Waals surface area contributed by atoms with Crippen molar-refractivity contribution in [1.82, 2.24) is 0 Å². The van der Waals surface area contributed by atoms with Gasteiger partial charge in [-0.1, -0.05) is 61.4 Å². The monoisotopic (exact) mass is 621 g/mol. The lowest BCUT2D eigenvalue weighted by molar-refractivity contribution is -0.245. The van der Waals surface area contributed by atoms with Gasteiger partial charge in [-0.25, -0.2) is 0 Å². The van der Waals surface area contributed by atoms with Crippen LogP contribution in [0, 0.1) is 0 Å². The maximum absolute atomic E-state index is 12.7. The van der Waals surface area contributed by atoms with Gasteiger partial charge in [-0.05, 0) is 48.2 Å². The first-order valence-corrected chi connectivity index (χ1v) is 16.3. The molecule has 0 bridgehead atoms. The van der Waals surface area contributed by atoms with E-state index in [-0.39, 0.29) is 37.2 Å². The van der Waals surface area contributed by atoms with Crippen molar-refractivity contribution in [3.63, 3.8) is 0 Å². The number of benzene rings is 3. The number of aliphatic hydroxyl groups excluding tert-OH is 2. The summed E-state index contributed by atoms with van der Waals surface area (Å²) in [6.45, 7) is 0.105. The number of hydrogen-bond acceptors (Lipinski definition) is 8. The van der Waals surface area contributed by atoms with E-state index in [9.17, 15) is 19.8 Å². The fourth-order valence-corrected chi connectivity index (χ4v) is 5.81. The van der Waals surface area contributed by atoms with Crippen LogP contribution in [0.5, 0.6) is 0 Å². The number of ether oxygens (including phenoxy) is 2. The van der Waals surface area contributed by atoms with E-state index in [4.69, 9.17) is 15.2 Å². The van der Waals surface area contributed by atoms with Crippen molar-refractivity contribution >= 4 is 40.6 Å². The van der Waals surface area contributed by atoms with E-state index in [2.05, 4.69) is 10.6 Å². The highest BCUT2D eigenvalue weighted by Crippen LogP contribution is 2.39. The van der Waals surface area contributed by atoms with Gasteiger partial charge in [0.05, 0.1) is 36.8 Å². The van der Waals surface area contributed by atoms with Crippen LogP contribution in [0.2, 0.25) is 0 Å². The summed E-state index contributed by atoms with van der Waals surface area (Å²) in [5.41, 5.74) is 10.4. The van der Waals surface area contributed by atoms with Crippen molar-refractivity contribution in [2.75, 3.05) is 34.5 Å². The number of amides is 2. The Morgan fingerprint density at radius 3 is 2.27 bits per heavy atom. The molecule has 236 valence electrons. The van der Waals surface area contributed by atoms with Gasteiger partial charge in [0, 0.05) is 42.0 Å². The molecule has 0 spiro atoms. The number of rotatable bonds is 16. The van der Waals surface area contributed by atoms with Gasteiger partial charge in [-0.2, -0.15) is 11.8 Å². The van der Waals surface area contributed by atoms with E-state index >= 15 is 0 Å². The topological polar surface area (TPSA) is 143 Å². The van der Waals surface area contributed by atoms with E-state index in [0.717, 1.165) is 48.1 Å². The van der Waals surface area contributed by atoms with Crippen LogP contribution < -0.4 is 16.4 Å². The minimum atomic E-state index is -0.613. The van der Waals surface area contributed by atoms with Crippen LogP contribution in [-0.4, -0.2) is 46.2 Å². The Kier molecular flexibility index (Phi) is 13.5. The SMILES string of the molecule is Nc1ccccc1NC(=O)CCCCCCC(=O)Nc1cccc([C@@H]2O[C@H](CSCCO)C[C@H](c3ccc(CO)cc3)O2)c1. The summed E-state index contributed by atoms with van der Waals surface area (Å²) in [6.07, 6.45) is 3.79. The highest BCUT2D eigenvalue weighted by Gasteiger charge is 2.32. The summed E-state index contributed by atoms with van der Waals surface area (Å²) in [7, 11) is 0. The second-order valence-electron chi connectivity index (χ2n) is 10.9. The summed E-state index contributed by atoms with van der Waals surface area (Å²) in [6, 6.07) is 22.5. The maximum Gasteiger partial charge on any atom is 0.224 e. The van der Waals surface area contributed by atoms with Crippen LogP contribution in [0.3, 0.4) is 0 Å². The van der Waals surface area contributed by atoms with Gasteiger partial charge in [-0.15, -0.1) is 0 Å². The first kappa shape index (κ1) is 33.5. The van der Waals surface area contributed by atoms with Crippen molar-refractivity contribution in [3.05, 3.63) is 89.5 Å². The predicted octanol–water partition coefficient (Wildman–Crippen LogP) is 5.95. The molecule has 10 heteroatoms. The summed E-state index contributed by atoms with van der Waals surface area (Å²) in [5, 5.41) is 24.5. The standard InChI is InChI=1S/C34H43N3O6S/c35-29-10-5-6-11-30(29)37-33(41)13-4-2-1-3-12-32(40)36-27-9-7-8-26(20-27)34-42-28(23-44-19-18-38)21-31(43-34)25-16-14-24(22-39)15-17-25/h5-11,14-17,20,28,31,34,38-39H,1-4,12-13,18-19,21-23,35H2,(H,36,40)(H,37,41)/t28-,31+,34+/m0/s1. The molecular weight excluding hydrogens is 578 g/mol. The smallest absolute Gasteiger partial charge is 0.224 e.